The van der Waals surface area contributed by atoms with E-state index in [2.05, 4.69) is 95.8 Å². The van der Waals surface area contributed by atoms with Gasteiger partial charge in [-0.3, -0.25) is 0 Å². The van der Waals surface area contributed by atoms with Crippen molar-refractivity contribution in [2.75, 3.05) is 23.1 Å². The summed E-state index contributed by atoms with van der Waals surface area (Å²) in [6, 6.07) is 18.1. The third-order valence-electron chi connectivity index (χ3n) is 8.30. The van der Waals surface area contributed by atoms with E-state index in [0.29, 0.717) is 12.1 Å². The van der Waals surface area contributed by atoms with Gasteiger partial charge in [0.25, 0.3) is 0 Å². The molecule has 1 aliphatic carbocycles. The monoisotopic (exact) mass is 442 g/mol. The standard InChI is InChI=1S/C28H34N4O/c1-19-21(3)31-17-29(19)23-9-7-11-25(15-23)33-26-12-8-10-24(16-26)30-18-32(22(4)20(30)2)28-14-6-5-13-27(28)31/h7-12,15-16,27-28H,5-6,13-14,17-18H2,1-4H3. The molecule has 0 amide bonds. The maximum absolute atomic E-state index is 6.35. The van der Waals surface area contributed by atoms with Crippen molar-refractivity contribution in [3.8, 4) is 11.5 Å². The van der Waals surface area contributed by atoms with E-state index in [0.717, 1.165) is 24.8 Å². The molecule has 33 heavy (non-hydrogen) atoms. The topological polar surface area (TPSA) is 22.2 Å². The van der Waals surface area contributed by atoms with E-state index in [4.69, 9.17) is 4.74 Å². The van der Waals surface area contributed by atoms with Crippen LogP contribution in [0.2, 0.25) is 0 Å². The molecular weight excluding hydrogens is 408 g/mol. The summed E-state index contributed by atoms with van der Waals surface area (Å²) in [6.07, 6.45) is 5.14. The highest BCUT2D eigenvalue weighted by atomic mass is 16.5. The highest BCUT2D eigenvalue weighted by Gasteiger charge is 2.41. The fourth-order valence-electron chi connectivity index (χ4n) is 6.18. The lowest BCUT2D eigenvalue weighted by molar-refractivity contribution is 0.0999. The number of allylic oxidation sites excluding steroid dienone is 4. The van der Waals surface area contributed by atoms with E-state index in [1.165, 1.54) is 59.8 Å². The smallest absolute Gasteiger partial charge is 0.129 e. The summed E-state index contributed by atoms with van der Waals surface area (Å²) in [5, 5.41) is 0. The first-order valence-electron chi connectivity index (χ1n) is 12.3. The molecule has 1 fully saturated rings. The van der Waals surface area contributed by atoms with E-state index in [1.807, 2.05) is 0 Å². The minimum absolute atomic E-state index is 0.525. The quantitative estimate of drug-likeness (QED) is 0.465. The summed E-state index contributed by atoms with van der Waals surface area (Å²) in [6.45, 7) is 11.0. The van der Waals surface area contributed by atoms with Gasteiger partial charge in [-0.05, 0) is 64.8 Å². The summed E-state index contributed by atoms with van der Waals surface area (Å²) >= 11 is 0. The molecule has 0 N–H and O–H groups in total. The second kappa shape index (κ2) is 7.75. The van der Waals surface area contributed by atoms with Crippen LogP contribution < -0.4 is 14.5 Å². The van der Waals surface area contributed by atoms with Gasteiger partial charge in [-0.25, -0.2) is 0 Å². The van der Waals surface area contributed by atoms with Crippen LogP contribution >= 0.6 is 0 Å². The second-order valence-electron chi connectivity index (χ2n) is 9.94. The third kappa shape index (κ3) is 3.28. The number of hydrogen-bond acceptors (Lipinski definition) is 5. The fourth-order valence-corrected chi connectivity index (χ4v) is 6.18. The zero-order chi connectivity index (χ0) is 22.7. The van der Waals surface area contributed by atoms with E-state index in [-0.39, 0.29) is 0 Å². The molecule has 0 radical (unpaired) electrons. The largest absolute Gasteiger partial charge is 0.457 e. The van der Waals surface area contributed by atoms with Crippen LogP contribution in [0.25, 0.3) is 0 Å². The first-order chi connectivity index (χ1) is 16.0. The van der Waals surface area contributed by atoms with Crippen molar-refractivity contribution in [1.29, 1.82) is 0 Å². The predicted molar refractivity (Wildman–Crippen MR) is 134 cm³/mol. The Hall–Kier alpha value is -3.08. The van der Waals surface area contributed by atoms with Gasteiger partial charge >= 0.3 is 0 Å². The zero-order valence-corrected chi connectivity index (χ0v) is 20.2. The van der Waals surface area contributed by atoms with Gasteiger partial charge in [0.2, 0.25) is 0 Å². The molecule has 5 nitrogen and oxygen atoms in total. The molecule has 5 heteroatoms. The Bertz CT molecular complexity index is 1060. The molecular formula is C28H34N4O. The second-order valence-corrected chi connectivity index (χ2v) is 9.94. The van der Waals surface area contributed by atoms with Crippen LogP contribution in [0.4, 0.5) is 11.4 Å². The maximum Gasteiger partial charge on any atom is 0.129 e. The average Bonchev–Trinajstić information content (AvgIpc) is 3.29. The van der Waals surface area contributed by atoms with E-state index >= 15 is 0 Å². The van der Waals surface area contributed by atoms with Crippen molar-refractivity contribution in [2.45, 2.75) is 65.5 Å². The minimum Gasteiger partial charge on any atom is -0.457 e. The summed E-state index contributed by atoms with van der Waals surface area (Å²) in [4.78, 5) is 10.3. The van der Waals surface area contributed by atoms with Crippen LogP contribution in [0.3, 0.4) is 0 Å². The maximum atomic E-state index is 6.35. The van der Waals surface area contributed by atoms with Crippen LogP contribution in [-0.2, 0) is 0 Å². The molecule has 8 bridgehead atoms. The van der Waals surface area contributed by atoms with Gasteiger partial charge in [0.15, 0.2) is 0 Å². The van der Waals surface area contributed by atoms with Gasteiger partial charge in [-0.2, -0.15) is 0 Å². The lowest BCUT2D eigenvalue weighted by Crippen LogP contribution is -2.52. The molecule has 4 aliphatic rings. The first-order valence-corrected chi connectivity index (χ1v) is 12.3. The Morgan fingerprint density at radius 1 is 0.636 bits per heavy atom. The number of rotatable bonds is 0. The minimum atomic E-state index is 0.525. The SMILES string of the molecule is CC1=C(C)N2CN1c1cccc(c1)Oc1cccc(c1)N1CN(C(C)=C1C)C1CCCCC12. The highest BCUT2D eigenvalue weighted by Crippen LogP contribution is 2.41. The normalized spacial score (nSPS) is 24.6. The fraction of sp³-hybridized carbons (Fsp3) is 0.429. The summed E-state index contributed by atoms with van der Waals surface area (Å²) < 4.78 is 6.35. The van der Waals surface area contributed by atoms with Crippen molar-refractivity contribution >= 4 is 11.4 Å². The lowest BCUT2D eigenvalue weighted by atomic mass is 9.88. The molecule has 172 valence electrons. The van der Waals surface area contributed by atoms with E-state index < -0.39 is 0 Å². The van der Waals surface area contributed by atoms with Crippen molar-refractivity contribution in [1.82, 2.24) is 9.80 Å². The van der Waals surface area contributed by atoms with Crippen molar-refractivity contribution in [3.63, 3.8) is 0 Å². The van der Waals surface area contributed by atoms with Gasteiger partial charge in [0.1, 0.15) is 11.5 Å². The number of ether oxygens (including phenoxy) is 1. The molecule has 2 atom stereocenters. The Morgan fingerprint density at radius 2 is 1.09 bits per heavy atom. The molecule has 0 saturated heterocycles. The Balaban J connectivity index is 1.50. The number of hydrogen-bond donors (Lipinski definition) is 0. The van der Waals surface area contributed by atoms with E-state index in [9.17, 15) is 0 Å². The van der Waals surface area contributed by atoms with Crippen molar-refractivity contribution < 1.29 is 4.74 Å². The predicted octanol–water partition coefficient (Wildman–Crippen LogP) is 6.47. The summed E-state index contributed by atoms with van der Waals surface area (Å²) in [5.74, 6) is 1.76. The van der Waals surface area contributed by atoms with Crippen LogP contribution in [0, 0.1) is 0 Å². The third-order valence-corrected chi connectivity index (χ3v) is 8.30. The number of anilines is 2. The first kappa shape index (κ1) is 20.5. The van der Waals surface area contributed by atoms with Gasteiger partial charge in [0, 0.05) is 46.3 Å². The number of fused-ring (bicyclic) bond motifs is 13. The molecule has 0 aromatic heterocycles. The Kier molecular flexibility index (Phi) is 4.82. The van der Waals surface area contributed by atoms with Crippen LogP contribution in [-0.4, -0.2) is 35.2 Å². The van der Waals surface area contributed by atoms with Crippen LogP contribution in [0.1, 0.15) is 53.4 Å². The van der Waals surface area contributed by atoms with Crippen LogP contribution in [0.5, 0.6) is 11.5 Å². The average molecular weight is 443 g/mol. The van der Waals surface area contributed by atoms with Gasteiger partial charge in [0.05, 0.1) is 25.4 Å². The molecule has 6 rings (SSSR count). The molecule has 2 aromatic carbocycles. The van der Waals surface area contributed by atoms with Gasteiger partial charge in [-0.15, -0.1) is 0 Å². The Labute approximate surface area is 197 Å². The Morgan fingerprint density at radius 3 is 1.55 bits per heavy atom. The van der Waals surface area contributed by atoms with Crippen LogP contribution in [0.15, 0.2) is 71.3 Å². The van der Waals surface area contributed by atoms with Gasteiger partial charge in [-0.1, -0.05) is 25.0 Å². The van der Waals surface area contributed by atoms with Crippen molar-refractivity contribution in [3.05, 3.63) is 71.3 Å². The zero-order valence-electron chi connectivity index (χ0n) is 20.2. The summed E-state index contributed by atoms with van der Waals surface area (Å²) in [7, 11) is 0. The lowest BCUT2D eigenvalue weighted by Gasteiger charge is -2.45. The highest BCUT2D eigenvalue weighted by molar-refractivity contribution is 5.60. The van der Waals surface area contributed by atoms with Gasteiger partial charge < -0.3 is 24.3 Å². The number of nitrogens with zero attached hydrogens (tertiary/aromatic N) is 4. The molecule has 1 saturated carbocycles. The molecule has 3 heterocycles. The van der Waals surface area contributed by atoms with E-state index in [1.54, 1.807) is 0 Å². The molecule has 2 unspecified atom stereocenters. The molecule has 2 aromatic rings. The molecule has 0 spiro atoms. The van der Waals surface area contributed by atoms with Crippen molar-refractivity contribution in [2.24, 2.45) is 0 Å². The number of benzene rings is 2. The molecule has 3 aliphatic heterocycles. The summed E-state index contributed by atoms with van der Waals surface area (Å²) in [5.41, 5.74) is 7.90.